The highest BCUT2D eigenvalue weighted by Crippen LogP contribution is 2.31. The normalized spacial score (nSPS) is 13.2. The molecule has 0 aromatic carbocycles. The van der Waals surface area contributed by atoms with Gasteiger partial charge in [0.05, 0.1) is 81.8 Å². The first-order chi connectivity index (χ1) is 29.3. The lowest BCUT2D eigenvalue weighted by molar-refractivity contribution is -0.385. The summed E-state index contributed by atoms with van der Waals surface area (Å²) in [4.78, 5) is 49.9. The van der Waals surface area contributed by atoms with Crippen LogP contribution in [-0.4, -0.2) is 107 Å². The fourth-order valence-electron chi connectivity index (χ4n) is 5.00. The number of hydrogen-bond acceptors (Lipinski definition) is 18. The maximum Gasteiger partial charge on any atom is 0.289 e. The molecule has 0 unspecified atom stereocenters. The molecule has 332 valence electrons. The van der Waals surface area contributed by atoms with Gasteiger partial charge in [-0.05, 0) is 57.2 Å². The van der Waals surface area contributed by atoms with Gasteiger partial charge in [0.15, 0.2) is 0 Å². The number of nitrogens with two attached hydrogens (primary N) is 1. The van der Waals surface area contributed by atoms with Crippen molar-refractivity contribution in [3.8, 4) is 17.6 Å². The maximum atomic E-state index is 10.8. The molecule has 0 bridgehead atoms. The predicted octanol–water partition coefficient (Wildman–Crippen LogP) is 7.85. The van der Waals surface area contributed by atoms with Gasteiger partial charge in [-0.15, -0.1) is 0 Å². The van der Waals surface area contributed by atoms with Crippen LogP contribution in [0.4, 0.5) is 34.1 Å². The topological polar surface area (TPSA) is 260 Å². The molecule has 4 aromatic rings. The van der Waals surface area contributed by atoms with E-state index >= 15 is 0 Å². The molecule has 0 atom stereocenters. The second-order valence-corrected chi connectivity index (χ2v) is 14.6. The van der Waals surface area contributed by atoms with Crippen LogP contribution in [0.1, 0.15) is 40.0 Å². The summed E-state index contributed by atoms with van der Waals surface area (Å²) in [5.41, 5.74) is 7.94. The van der Waals surface area contributed by atoms with Crippen LogP contribution in [0.15, 0.2) is 58.0 Å². The largest absolute Gasteiger partial charge is 0.477 e. The number of nitrogen functional groups attached to an aromatic ring is 1. The molecule has 0 spiro atoms. The first-order valence-electron chi connectivity index (χ1n) is 19.0. The van der Waals surface area contributed by atoms with Crippen molar-refractivity contribution in [1.82, 2.24) is 19.9 Å². The number of anilines is 3. The fourth-order valence-corrected chi connectivity index (χ4v) is 5.89. The summed E-state index contributed by atoms with van der Waals surface area (Å²) in [5, 5.41) is 31.6. The SMILES string of the molecule is CCCOc1ncc(N)cc1N1CCOCC1.CCCOc1ncc([N+](=O)[O-])cc1Br.CCCOc1ncc([N+](=O)[O-])cc1N1CCOCC1.O=[N+]([O-])c1cnc(Cl)c(Br)c1. The average molecular weight is 1000 g/mol. The minimum atomic E-state index is -0.534. The van der Waals surface area contributed by atoms with Gasteiger partial charge in [0, 0.05) is 44.4 Å². The van der Waals surface area contributed by atoms with Gasteiger partial charge in [-0.2, -0.15) is 0 Å². The molecule has 4 aromatic heterocycles. The summed E-state index contributed by atoms with van der Waals surface area (Å²) in [6, 6.07) is 6.11. The minimum Gasteiger partial charge on any atom is -0.477 e. The second-order valence-electron chi connectivity index (χ2n) is 12.6. The van der Waals surface area contributed by atoms with E-state index in [1.54, 1.807) is 6.20 Å². The number of hydrogen-bond donors (Lipinski definition) is 1. The van der Waals surface area contributed by atoms with Crippen molar-refractivity contribution >= 4 is 77.6 Å². The second kappa shape index (κ2) is 26.9. The predicted molar refractivity (Wildman–Crippen MR) is 235 cm³/mol. The Labute approximate surface area is 373 Å². The van der Waals surface area contributed by atoms with E-state index in [2.05, 4.69) is 63.6 Å². The zero-order valence-electron chi connectivity index (χ0n) is 33.7. The number of rotatable bonds is 14. The fraction of sp³-hybridized carbons (Fsp3) is 0.459. The zero-order valence-corrected chi connectivity index (χ0v) is 37.7. The Hall–Kier alpha value is -5.23. The first kappa shape index (κ1) is 50.1. The number of nitrogens with zero attached hydrogens (tertiary/aromatic N) is 9. The summed E-state index contributed by atoms with van der Waals surface area (Å²) in [7, 11) is 0. The van der Waals surface area contributed by atoms with Crippen LogP contribution in [0, 0.1) is 30.3 Å². The molecule has 24 heteroatoms. The van der Waals surface area contributed by atoms with Gasteiger partial charge in [0.2, 0.25) is 17.6 Å². The Bertz CT molecular complexity index is 2030. The van der Waals surface area contributed by atoms with E-state index in [4.69, 9.17) is 41.0 Å². The van der Waals surface area contributed by atoms with Crippen molar-refractivity contribution < 1.29 is 38.5 Å². The molecular weight excluding hydrogens is 956 g/mol. The smallest absolute Gasteiger partial charge is 0.289 e. The van der Waals surface area contributed by atoms with Gasteiger partial charge in [-0.1, -0.05) is 32.4 Å². The molecule has 6 heterocycles. The van der Waals surface area contributed by atoms with Crippen molar-refractivity contribution in [1.29, 1.82) is 0 Å². The van der Waals surface area contributed by atoms with Gasteiger partial charge in [0.25, 0.3) is 17.1 Å². The van der Waals surface area contributed by atoms with Gasteiger partial charge in [-0.25, -0.2) is 19.9 Å². The summed E-state index contributed by atoms with van der Waals surface area (Å²) in [6.07, 6.45) is 7.84. The zero-order chi connectivity index (χ0) is 44.7. The van der Waals surface area contributed by atoms with E-state index in [9.17, 15) is 30.3 Å². The number of ether oxygens (including phenoxy) is 5. The van der Waals surface area contributed by atoms with E-state index in [1.807, 2.05) is 24.8 Å². The number of halogens is 3. The molecule has 2 saturated heterocycles. The Morgan fingerprint density at radius 1 is 0.623 bits per heavy atom. The third-order valence-electron chi connectivity index (χ3n) is 7.91. The average Bonchev–Trinajstić information content (AvgIpc) is 3.26. The standard InChI is InChI=1S/C12H17N3O4.C12H19N3O2.C8H9BrN2O3.C5H2BrClN2O2/c1-2-5-19-12-11(14-3-6-18-7-4-14)8-10(9-13-12)15(16)17;1-2-5-17-12-11(8-10(13)9-14-12)15-3-6-16-7-4-15;1-2-3-14-8-7(9)4-6(5-10-8)11(12)13;6-4-1-3(9(10)11)2-8-5(4)7/h8-9H,2-7H2,1H3;8-9H,2-7,13H2,1H3;4-5H,2-3H2,1H3;1-2H. The molecule has 2 fully saturated rings. The van der Waals surface area contributed by atoms with E-state index in [1.165, 1.54) is 30.6 Å². The lowest BCUT2D eigenvalue weighted by atomic mass is 10.3. The van der Waals surface area contributed by atoms with Crippen molar-refractivity contribution in [2.45, 2.75) is 40.0 Å². The summed E-state index contributed by atoms with van der Waals surface area (Å²) >= 11 is 11.7. The first-order valence-corrected chi connectivity index (χ1v) is 20.9. The monoisotopic (exact) mass is 1000 g/mol. The molecular formula is C37H47Br2ClN10O11. The van der Waals surface area contributed by atoms with E-state index in [0.717, 1.165) is 57.4 Å². The maximum absolute atomic E-state index is 10.8. The summed E-state index contributed by atoms with van der Waals surface area (Å²) < 4.78 is 28.0. The molecule has 6 rings (SSSR count). The van der Waals surface area contributed by atoms with Gasteiger partial charge in [-0.3, -0.25) is 30.3 Å². The quantitative estimate of drug-likeness (QED) is 0.0716. The molecule has 21 nitrogen and oxygen atoms in total. The van der Waals surface area contributed by atoms with Crippen LogP contribution in [0.5, 0.6) is 17.6 Å². The number of morpholine rings is 2. The molecule has 0 radical (unpaired) electrons. The van der Waals surface area contributed by atoms with E-state index in [-0.39, 0.29) is 22.2 Å². The van der Waals surface area contributed by atoms with Gasteiger partial charge < -0.3 is 39.2 Å². The van der Waals surface area contributed by atoms with E-state index in [0.29, 0.717) is 84.1 Å². The number of pyridine rings is 4. The molecule has 61 heavy (non-hydrogen) atoms. The van der Waals surface area contributed by atoms with Crippen LogP contribution in [0.3, 0.4) is 0 Å². The van der Waals surface area contributed by atoms with Crippen LogP contribution in [0.25, 0.3) is 0 Å². The molecule has 0 aliphatic carbocycles. The molecule has 0 saturated carbocycles. The van der Waals surface area contributed by atoms with Crippen LogP contribution >= 0.6 is 43.5 Å². The Balaban J connectivity index is 0.000000221. The summed E-state index contributed by atoms with van der Waals surface area (Å²) in [5.74, 6) is 1.51. The Morgan fingerprint density at radius 3 is 1.43 bits per heavy atom. The molecule has 0 amide bonds. The number of aromatic nitrogens is 4. The molecule has 2 N–H and O–H groups in total. The van der Waals surface area contributed by atoms with E-state index < -0.39 is 14.8 Å². The number of nitro groups is 3. The van der Waals surface area contributed by atoms with Crippen molar-refractivity contribution in [3.05, 3.63) is 93.5 Å². The molecule has 2 aliphatic heterocycles. The van der Waals surface area contributed by atoms with Crippen molar-refractivity contribution in [3.63, 3.8) is 0 Å². The summed E-state index contributed by atoms with van der Waals surface area (Å²) in [6.45, 7) is 13.6. The Morgan fingerprint density at radius 2 is 1.00 bits per heavy atom. The highest BCUT2D eigenvalue weighted by molar-refractivity contribution is 9.10. The van der Waals surface area contributed by atoms with Crippen molar-refractivity contribution in [2.24, 2.45) is 0 Å². The highest BCUT2D eigenvalue weighted by Gasteiger charge is 2.21. The van der Waals surface area contributed by atoms with Gasteiger partial charge >= 0.3 is 0 Å². The third kappa shape index (κ3) is 17.0. The van der Waals surface area contributed by atoms with Gasteiger partial charge in [0.1, 0.15) is 35.1 Å². The highest BCUT2D eigenvalue weighted by atomic mass is 79.9. The van der Waals surface area contributed by atoms with Crippen LogP contribution in [-0.2, 0) is 9.47 Å². The Kier molecular flexibility index (Phi) is 22.1. The van der Waals surface area contributed by atoms with Crippen LogP contribution in [0.2, 0.25) is 5.15 Å². The van der Waals surface area contributed by atoms with Crippen LogP contribution < -0.4 is 29.7 Å². The van der Waals surface area contributed by atoms with Crippen molar-refractivity contribution in [2.75, 3.05) is 88.0 Å². The lowest BCUT2D eigenvalue weighted by Crippen LogP contribution is -2.36. The minimum absolute atomic E-state index is 0.0228. The lowest BCUT2D eigenvalue weighted by Gasteiger charge is -2.29. The molecule has 2 aliphatic rings. The third-order valence-corrected chi connectivity index (χ3v) is 9.61.